The Hall–Kier alpha value is -3.26. The highest BCUT2D eigenvalue weighted by Gasteiger charge is 2.31. The summed E-state index contributed by atoms with van der Waals surface area (Å²) >= 11 is 0. The first-order chi connectivity index (χ1) is 13.9. The number of carboxylic acids is 3. The molecule has 0 saturated heterocycles. The number of rotatable bonds is 14. The van der Waals surface area contributed by atoms with Gasteiger partial charge in [-0.15, -0.1) is 0 Å². The maximum atomic E-state index is 12.5. The molecule has 0 fully saturated rings. The molecule has 0 aliphatic rings. The van der Waals surface area contributed by atoms with Crippen LogP contribution in [-0.4, -0.2) is 86.8 Å². The number of hydrogen-bond acceptors (Lipinski definition) is 8. The molecule has 0 aliphatic carbocycles. The zero-order chi connectivity index (χ0) is 23.4. The Balaban J connectivity index is 5.45. The number of hydrogen-bond donors (Lipinski definition) is 8. The van der Waals surface area contributed by atoms with Crippen LogP contribution in [0.1, 0.15) is 32.6 Å². The minimum atomic E-state index is -1.72. The van der Waals surface area contributed by atoms with Gasteiger partial charge in [0.15, 0.2) is 6.04 Å². The lowest BCUT2D eigenvalue weighted by Crippen LogP contribution is -2.57. The lowest BCUT2D eigenvalue weighted by Gasteiger charge is -2.24. The van der Waals surface area contributed by atoms with E-state index in [0.717, 1.165) is 6.92 Å². The number of carbonyl (C=O) groups excluding carboxylic acids is 3. The fraction of sp³-hybridized carbons (Fsp3) is 0.625. The third kappa shape index (κ3) is 10.3. The zero-order valence-corrected chi connectivity index (χ0v) is 16.2. The van der Waals surface area contributed by atoms with Gasteiger partial charge < -0.3 is 42.1 Å². The van der Waals surface area contributed by atoms with Crippen molar-refractivity contribution in [3.63, 3.8) is 0 Å². The van der Waals surface area contributed by atoms with Crippen molar-refractivity contribution in [3.8, 4) is 0 Å². The highest BCUT2D eigenvalue weighted by atomic mass is 16.4. The summed E-state index contributed by atoms with van der Waals surface area (Å²) in [5.74, 6) is -6.96. The number of carbonyl (C=O) groups is 6. The topological polar surface area (TPSA) is 245 Å². The molecule has 3 amide bonds. The van der Waals surface area contributed by atoms with Crippen molar-refractivity contribution in [3.05, 3.63) is 0 Å². The fourth-order valence-electron chi connectivity index (χ4n) is 2.24. The van der Waals surface area contributed by atoms with Crippen molar-refractivity contribution in [2.45, 2.75) is 56.8 Å². The molecular formula is C16H26N4O10. The van der Waals surface area contributed by atoms with Gasteiger partial charge in [-0.25, -0.2) is 4.79 Å². The predicted molar refractivity (Wildman–Crippen MR) is 97.9 cm³/mol. The Morgan fingerprint density at radius 2 is 1.23 bits per heavy atom. The van der Waals surface area contributed by atoms with Crippen molar-refractivity contribution in [2.75, 3.05) is 6.54 Å². The summed E-state index contributed by atoms with van der Waals surface area (Å²) in [5, 5.41) is 42.4. The smallest absolute Gasteiger partial charge is 0.328 e. The quantitative estimate of drug-likeness (QED) is 0.134. The van der Waals surface area contributed by atoms with Gasteiger partial charge >= 0.3 is 17.9 Å². The summed E-state index contributed by atoms with van der Waals surface area (Å²) in [6, 6.07) is -4.64. The van der Waals surface area contributed by atoms with E-state index in [-0.39, 0.29) is 6.42 Å². The maximum Gasteiger partial charge on any atom is 0.328 e. The predicted octanol–water partition coefficient (Wildman–Crippen LogP) is -3.41. The van der Waals surface area contributed by atoms with E-state index in [1.54, 1.807) is 0 Å². The molecule has 0 bridgehead atoms. The van der Waals surface area contributed by atoms with Crippen molar-refractivity contribution >= 4 is 35.6 Å². The standard InChI is InChI=1S/C16H26N4O10/c1-7(21)13(16(29)30)20-15(28)9(3-5-12(25)26)19-14(27)8(2-4-11(23)24)18-10(22)6-17/h7-9,13,21H,2-6,17H2,1H3,(H,18,22)(H,19,27)(H,20,28)(H,23,24)(H,25,26)(H,29,30). The molecule has 30 heavy (non-hydrogen) atoms. The van der Waals surface area contributed by atoms with E-state index < -0.39 is 85.7 Å². The van der Waals surface area contributed by atoms with Crippen LogP contribution in [0.2, 0.25) is 0 Å². The Kier molecular flexibility index (Phi) is 11.6. The van der Waals surface area contributed by atoms with Gasteiger partial charge in [0.25, 0.3) is 0 Å². The zero-order valence-electron chi connectivity index (χ0n) is 16.2. The number of carboxylic acid groups (broad SMARTS) is 3. The van der Waals surface area contributed by atoms with Gasteiger partial charge in [0.05, 0.1) is 12.6 Å². The lowest BCUT2D eigenvalue weighted by atomic mass is 10.1. The van der Waals surface area contributed by atoms with Crippen LogP contribution in [0.3, 0.4) is 0 Å². The molecule has 0 rings (SSSR count). The Morgan fingerprint density at radius 1 is 0.800 bits per heavy atom. The van der Waals surface area contributed by atoms with E-state index in [2.05, 4.69) is 10.6 Å². The molecule has 0 spiro atoms. The molecule has 14 nitrogen and oxygen atoms in total. The van der Waals surface area contributed by atoms with Gasteiger partial charge in [0.2, 0.25) is 17.7 Å². The van der Waals surface area contributed by atoms with E-state index in [1.807, 2.05) is 5.32 Å². The number of aliphatic carboxylic acids is 3. The lowest BCUT2D eigenvalue weighted by molar-refractivity contribution is -0.145. The van der Waals surface area contributed by atoms with E-state index in [0.29, 0.717) is 0 Å². The molecule has 170 valence electrons. The third-order valence-electron chi connectivity index (χ3n) is 3.81. The van der Waals surface area contributed by atoms with Crippen LogP contribution < -0.4 is 21.7 Å². The van der Waals surface area contributed by atoms with Gasteiger partial charge in [0.1, 0.15) is 12.1 Å². The molecule has 4 atom stereocenters. The van der Waals surface area contributed by atoms with Crippen molar-refractivity contribution < 1.29 is 49.2 Å². The molecule has 0 radical (unpaired) electrons. The molecule has 0 saturated carbocycles. The summed E-state index contributed by atoms with van der Waals surface area (Å²) in [7, 11) is 0. The summed E-state index contributed by atoms with van der Waals surface area (Å²) in [4.78, 5) is 69.1. The van der Waals surface area contributed by atoms with Crippen LogP contribution >= 0.6 is 0 Å². The van der Waals surface area contributed by atoms with Crippen LogP contribution in [0, 0.1) is 0 Å². The van der Waals surface area contributed by atoms with Crippen LogP contribution in [0.5, 0.6) is 0 Å². The number of nitrogens with two attached hydrogens (primary N) is 1. The first-order valence-electron chi connectivity index (χ1n) is 8.83. The van der Waals surface area contributed by atoms with Gasteiger partial charge in [-0.3, -0.25) is 24.0 Å². The van der Waals surface area contributed by atoms with Gasteiger partial charge in [-0.2, -0.15) is 0 Å². The van der Waals surface area contributed by atoms with E-state index >= 15 is 0 Å². The van der Waals surface area contributed by atoms with Crippen molar-refractivity contribution in [2.24, 2.45) is 5.73 Å². The van der Waals surface area contributed by atoms with Gasteiger partial charge in [-0.1, -0.05) is 0 Å². The number of aliphatic hydroxyl groups is 1. The monoisotopic (exact) mass is 434 g/mol. The summed E-state index contributed by atoms with van der Waals surface area (Å²) < 4.78 is 0. The minimum Gasteiger partial charge on any atom is -0.481 e. The fourth-order valence-corrected chi connectivity index (χ4v) is 2.24. The molecule has 0 aliphatic heterocycles. The Morgan fingerprint density at radius 3 is 1.60 bits per heavy atom. The number of amides is 3. The first kappa shape index (κ1) is 26.7. The molecule has 9 N–H and O–H groups in total. The SMILES string of the molecule is CC(O)C(NC(=O)C(CCC(=O)O)NC(=O)C(CCC(=O)O)NC(=O)CN)C(=O)O. The summed E-state index contributed by atoms with van der Waals surface area (Å²) in [5.41, 5.74) is 5.15. The Bertz CT molecular complexity index is 666. The second-order valence-corrected chi connectivity index (χ2v) is 6.32. The molecule has 14 heteroatoms. The summed E-state index contributed by atoms with van der Waals surface area (Å²) in [6.07, 6.45) is -3.34. The van der Waals surface area contributed by atoms with Crippen molar-refractivity contribution in [1.82, 2.24) is 16.0 Å². The van der Waals surface area contributed by atoms with Crippen LogP contribution in [-0.2, 0) is 28.8 Å². The molecule has 0 aromatic rings. The largest absolute Gasteiger partial charge is 0.481 e. The highest BCUT2D eigenvalue weighted by molar-refractivity contribution is 5.94. The van der Waals surface area contributed by atoms with E-state index in [1.165, 1.54) is 0 Å². The normalized spacial score (nSPS) is 14.5. The second kappa shape index (κ2) is 13.1. The number of nitrogens with one attached hydrogen (secondary N) is 3. The molecule has 4 unspecified atom stereocenters. The van der Waals surface area contributed by atoms with Crippen LogP contribution in [0.25, 0.3) is 0 Å². The highest BCUT2D eigenvalue weighted by Crippen LogP contribution is 2.04. The average molecular weight is 434 g/mol. The molecular weight excluding hydrogens is 408 g/mol. The third-order valence-corrected chi connectivity index (χ3v) is 3.81. The average Bonchev–Trinajstić information content (AvgIpc) is 2.64. The molecule has 0 aromatic heterocycles. The van der Waals surface area contributed by atoms with Gasteiger partial charge in [-0.05, 0) is 19.8 Å². The van der Waals surface area contributed by atoms with E-state index in [4.69, 9.17) is 21.1 Å². The van der Waals surface area contributed by atoms with E-state index in [9.17, 15) is 33.9 Å². The summed E-state index contributed by atoms with van der Waals surface area (Å²) in [6.45, 7) is 0.614. The van der Waals surface area contributed by atoms with Crippen LogP contribution in [0.15, 0.2) is 0 Å². The minimum absolute atomic E-state index is 0.342. The van der Waals surface area contributed by atoms with Crippen molar-refractivity contribution in [1.29, 1.82) is 0 Å². The first-order valence-corrected chi connectivity index (χ1v) is 8.83. The maximum absolute atomic E-state index is 12.5. The second-order valence-electron chi connectivity index (χ2n) is 6.32. The molecule has 0 aromatic carbocycles. The molecule has 0 heterocycles. The Labute approximate surface area is 170 Å². The van der Waals surface area contributed by atoms with Crippen LogP contribution in [0.4, 0.5) is 0 Å². The van der Waals surface area contributed by atoms with Gasteiger partial charge in [0, 0.05) is 12.8 Å². The number of aliphatic hydroxyl groups excluding tert-OH is 1.